The van der Waals surface area contributed by atoms with E-state index in [-0.39, 0.29) is 12.0 Å². The molecule has 2 aliphatic rings. The van der Waals surface area contributed by atoms with Gasteiger partial charge in [0.05, 0.1) is 24.1 Å². The van der Waals surface area contributed by atoms with Crippen LogP contribution in [0.2, 0.25) is 0 Å². The number of hydrogen-bond acceptors (Lipinski definition) is 8. The van der Waals surface area contributed by atoms with Crippen LogP contribution in [0.5, 0.6) is 0 Å². The van der Waals surface area contributed by atoms with E-state index in [4.69, 9.17) is 4.74 Å². The minimum Gasteiger partial charge on any atom is -0.373 e. The number of rotatable bonds is 4. The SMILES string of the molecule is O=C(c1cccs1)N1CCO[C@H](Cn2nnc3c(N4CCCC4)ncnc32)C1. The Hall–Kier alpha value is -2.59. The number of ether oxygens (including phenoxy) is 1. The zero-order valence-corrected chi connectivity index (χ0v) is 16.2. The van der Waals surface area contributed by atoms with Crippen LogP contribution < -0.4 is 4.90 Å². The Morgan fingerprint density at radius 3 is 2.96 bits per heavy atom. The fourth-order valence-electron chi connectivity index (χ4n) is 3.83. The van der Waals surface area contributed by atoms with Crippen LogP contribution >= 0.6 is 11.3 Å². The molecule has 2 fully saturated rings. The normalized spacial score (nSPS) is 20.2. The molecule has 1 amide bonds. The van der Waals surface area contributed by atoms with Crippen molar-refractivity contribution in [2.45, 2.75) is 25.5 Å². The van der Waals surface area contributed by atoms with Gasteiger partial charge in [0.25, 0.3) is 5.91 Å². The number of nitrogens with zero attached hydrogens (tertiary/aromatic N) is 7. The van der Waals surface area contributed by atoms with Gasteiger partial charge in [0.1, 0.15) is 6.33 Å². The van der Waals surface area contributed by atoms with E-state index in [1.54, 1.807) is 11.0 Å². The summed E-state index contributed by atoms with van der Waals surface area (Å²) in [6.45, 7) is 4.13. The van der Waals surface area contributed by atoms with Crippen LogP contribution in [-0.2, 0) is 11.3 Å². The van der Waals surface area contributed by atoms with E-state index >= 15 is 0 Å². The van der Waals surface area contributed by atoms with Crippen molar-refractivity contribution in [1.82, 2.24) is 29.9 Å². The Morgan fingerprint density at radius 1 is 1.25 bits per heavy atom. The molecular formula is C18H21N7O2S. The molecule has 0 radical (unpaired) electrons. The van der Waals surface area contributed by atoms with E-state index in [1.807, 2.05) is 22.4 Å². The van der Waals surface area contributed by atoms with Gasteiger partial charge in [0, 0.05) is 26.2 Å². The summed E-state index contributed by atoms with van der Waals surface area (Å²) in [5.41, 5.74) is 1.44. The van der Waals surface area contributed by atoms with Gasteiger partial charge >= 0.3 is 0 Å². The van der Waals surface area contributed by atoms with Crippen LogP contribution in [0.1, 0.15) is 22.5 Å². The average molecular weight is 399 g/mol. The molecule has 0 bridgehead atoms. The first-order valence-electron chi connectivity index (χ1n) is 9.53. The van der Waals surface area contributed by atoms with Crippen molar-refractivity contribution in [2.75, 3.05) is 37.7 Å². The molecule has 0 spiro atoms. The van der Waals surface area contributed by atoms with E-state index < -0.39 is 0 Å². The van der Waals surface area contributed by atoms with E-state index in [0.717, 1.165) is 29.3 Å². The average Bonchev–Trinajstić information content (AvgIpc) is 3.49. The third kappa shape index (κ3) is 3.22. The lowest BCUT2D eigenvalue weighted by Crippen LogP contribution is -2.47. The fourth-order valence-corrected chi connectivity index (χ4v) is 4.52. The van der Waals surface area contributed by atoms with Crippen LogP contribution in [0.25, 0.3) is 11.2 Å². The minimum atomic E-state index is -0.146. The summed E-state index contributed by atoms with van der Waals surface area (Å²) < 4.78 is 7.66. The number of carbonyl (C=O) groups is 1. The Kier molecular flexibility index (Phi) is 4.65. The fraction of sp³-hybridized carbons (Fsp3) is 0.500. The molecule has 3 aromatic heterocycles. The summed E-state index contributed by atoms with van der Waals surface area (Å²) in [7, 11) is 0. The first kappa shape index (κ1) is 17.5. The van der Waals surface area contributed by atoms with Crippen molar-refractivity contribution >= 4 is 34.2 Å². The first-order chi connectivity index (χ1) is 13.8. The maximum Gasteiger partial charge on any atom is 0.264 e. The topological polar surface area (TPSA) is 89.3 Å². The van der Waals surface area contributed by atoms with Crippen molar-refractivity contribution in [3.05, 3.63) is 28.7 Å². The van der Waals surface area contributed by atoms with E-state index in [1.165, 1.54) is 24.2 Å². The van der Waals surface area contributed by atoms with E-state index in [9.17, 15) is 4.79 Å². The number of fused-ring (bicyclic) bond motifs is 1. The Morgan fingerprint density at radius 2 is 2.14 bits per heavy atom. The number of carbonyl (C=O) groups excluding carboxylic acids is 1. The summed E-state index contributed by atoms with van der Waals surface area (Å²) in [4.78, 5) is 26.3. The van der Waals surface area contributed by atoms with Gasteiger partial charge in [-0.15, -0.1) is 16.4 Å². The van der Waals surface area contributed by atoms with Gasteiger partial charge in [-0.05, 0) is 24.3 Å². The highest BCUT2D eigenvalue weighted by Gasteiger charge is 2.27. The highest BCUT2D eigenvalue weighted by molar-refractivity contribution is 7.12. The predicted octanol–water partition coefficient (Wildman–Crippen LogP) is 1.42. The monoisotopic (exact) mass is 399 g/mol. The number of aromatic nitrogens is 5. The maximum atomic E-state index is 12.6. The van der Waals surface area contributed by atoms with Crippen LogP contribution in [0.15, 0.2) is 23.8 Å². The molecule has 5 heterocycles. The van der Waals surface area contributed by atoms with Gasteiger partial charge in [0.2, 0.25) is 0 Å². The highest BCUT2D eigenvalue weighted by atomic mass is 32.1. The van der Waals surface area contributed by atoms with Gasteiger partial charge < -0.3 is 14.5 Å². The van der Waals surface area contributed by atoms with Crippen molar-refractivity contribution in [3.63, 3.8) is 0 Å². The molecule has 2 saturated heterocycles. The number of amides is 1. The smallest absolute Gasteiger partial charge is 0.264 e. The molecule has 10 heteroatoms. The molecular weight excluding hydrogens is 378 g/mol. The molecule has 3 aromatic rings. The molecule has 0 unspecified atom stereocenters. The molecule has 2 aliphatic heterocycles. The Bertz CT molecular complexity index is 968. The molecule has 0 N–H and O–H groups in total. The second-order valence-corrected chi connectivity index (χ2v) is 8.00. The number of morpholine rings is 1. The molecule has 28 heavy (non-hydrogen) atoms. The third-order valence-corrected chi connectivity index (χ3v) is 6.08. The lowest BCUT2D eigenvalue weighted by molar-refractivity contribution is -0.0295. The van der Waals surface area contributed by atoms with Crippen LogP contribution in [0.4, 0.5) is 5.82 Å². The summed E-state index contributed by atoms with van der Waals surface area (Å²) in [6, 6.07) is 3.76. The Labute approximate surface area is 165 Å². The molecule has 1 atom stereocenters. The quantitative estimate of drug-likeness (QED) is 0.655. The second kappa shape index (κ2) is 7.44. The molecule has 0 aromatic carbocycles. The van der Waals surface area contributed by atoms with Crippen LogP contribution in [-0.4, -0.2) is 74.7 Å². The van der Waals surface area contributed by atoms with Gasteiger partial charge in [-0.3, -0.25) is 4.79 Å². The molecule has 0 saturated carbocycles. The predicted molar refractivity (Wildman–Crippen MR) is 105 cm³/mol. The summed E-state index contributed by atoms with van der Waals surface area (Å²) in [5, 5.41) is 10.6. The number of anilines is 1. The summed E-state index contributed by atoms with van der Waals surface area (Å²) in [6.07, 6.45) is 3.77. The Balaban J connectivity index is 1.34. The van der Waals surface area contributed by atoms with Crippen LogP contribution in [0.3, 0.4) is 0 Å². The van der Waals surface area contributed by atoms with Crippen LogP contribution in [0, 0.1) is 0 Å². The largest absolute Gasteiger partial charge is 0.373 e. The third-order valence-electron chi connectivity index (χ3n) is 5.22. The van der Waals surface area contributed by atoms with Crippen molar-refractivity contribution in [2.24, 2.45) is 0 Å². The maximum absolute atomic E-state index is 12.6. The minimum absolute atomic E-state index is 0.0605. The van der Waals surface area contributed by atoms with Gasteiger partial charge in [-0.25, -0.2) is 14.6 Å². The zero-order chi connectivity index (χ0) is 18.9. The standard InChI is InChI=1S/C18H21N7O2S/c26-18(14-4-3-9-28-14)24-7-8-27-13(10-24)11-25-17-15(21-22-25)16(19-12-20-17)23-5-1-2-6-23/h3-4,9,12-13H,1-2,5-8,10-11H2/t13-/m0/s1. The lowest BCUT2D eigenvalue weighted by atomic mass is 10.2. The molecule has 5 rings (SSSR count). The second-order valence-electron chi connectivity index (χ2n) is 7.06. The first-order valence-corrected chi connectivity index (χ1v) is 10.4. The zero-order valence-electron chi connectivity index (χ0n) is 15.4. The molecule has 146 valence electrons. The van der Waals surface area contributed by atoms with Gasteiger partial charge in [-0.2, -0.15) is 0 Å². The van der Waals surface area contributed by atoms with Crippen molar-refractivity contribution < 1.29 is 9.53 Å². The summed E-state index contributed by atoms with van der Waals surface area (Å²) >= 11 is 1.47. The van der Waals surface area contributed by atoms with Crippen molar-refractivity contribution in [3.8, 4) is 0 Å². The van der Waals surface area contributed by atoms with Crippen molar-refractivity contribution in [1.29, 1.82) is 0 Å². The van der Waals surface area contributed by atoms with E-state index in [2.05, 4.69) is 25.2 Å². The van der Waals surface area contributed by atoms with Gasteiger partial charge in [-0.1, -0.05) is 11.3 Å². The molecule has 9 nitrogen and oxygen atoms in total. The summed E-state index contributed by atoms with van der Waals surface area (Å²) in [5.74, 6) is 0.915. The lowest BCUT2D eigenvalue weighted by Gasteiger charge is -2.32. The number of hydrogen-bond donors (Lipinski definition) is 0. The highest BCUT2D eigenvalue weighted by Crippen LogP contribution is 2.24. The number of thiophene rings is 1. The van der Waals surface area contributed by atoms with Gasteiger partial charge in [0.15, 0.2) is 17.0 Å². The van der Waals surface area contributed by atoms with E-state index in [0.29, 0.717) is 31.9 Å². The molecule has 0 aliphatic carbocycles.